The lowest BCUT2D eigenvalue weighted by atomic mass is 10.2. The first-order valence-electron chi connectivity index (χ1n) is 7.70. The molecule has 27 heavy (non-hydrogen) atoms. The molecule has 1 aromatic heterocycles. The van der Waals surface area contributed by atoms with Crippen LogP contribution in [0.2, 0.25) is 10.0 Å². The number of halogens is 2. The fourth-order valence-electron chi connectivity index (χ4n) is 2.55. The summed E-state index contributed by atoms with van der Waals surface area (Å²) in [6.07, 6.45) is 5.50. The Labute approximate surface area is 169 Å². The van der Waals surface area contributed by atoms with Crippen LogP contribution >= 0.6 is 34.5 Å². The number of thiazole rings is 1. The number of carbonyl (C=O) groups is 1. The fraction of sp³-hybridized carbons (Fsp3) is 0.158. The zero-order chi connectivity index (χ0) is 19.6. The van der Waals surface area contributed by atoms with E-state index in [-0.39, 0.29) is 6.54 Å². The van der Waals surface area contributed by atoms with Crippen molar-refractivity contribution in [3.63, 3.8) is 0 Å². The Morgan fingerprint density at radius 1 is 1.15 bits per heavy atom. The second-order valence-corrected chi connectivity index (χ2v) is 7.31. The van der Waals surface area contributed by atoms with Crippen molar-refractivity contribution in [2.75, 3.05) is 14.2 Å². The molecule has 1 heterocycles. The smallest absolute Gasteiger partial charge is 0.279 e. The van der Waals surface area contributed by atoms with Gasteiger partial charge in [-0.15, -0.1) is 6.42 Å². The van der Waals surface area contributed by atoms with Gasteiger partial charge in [0.05, 0.1) is 31.0 Å². The molecular weight excluding hydrogens is 407 g/mol. The fourth-order valence-corrected chi connectivity index (χ4v) is 4.12. The van der Waals surface area contributed by atoms with Gasteiger partial charge in [0.1, 0.15) is 0 Å². The van der Waals surface area contributed by atoms with Crippen LogP contribution in [0.5, 0.6) is 11.5 Å². The van der Waals surface area contributed by atoms with Gasteiger partial charge in [0.15, 0.2) is 16.3 Å². The van der Waals surface area contributed by atoms with Gasteiger partial charge in [0, 0.05) is 27.7 Å². The van der Waals surface area contributed by atoms with Gasteiger partial charge in [-0.2, -0.15) is 4.99 Å². The molecule has 0 fully saturated rings. The molecule has 0 aliphatic rings. The van der Waals surface area contributed by atoms with E-state index in [0.717, 1.165) is 10.2 Å². The van der Waals surface area contributed by atoms with Crippen molar-refractivity contribution < 1.29 is 14.3 Å². The SMILES string of the molecule is C#CCn1c(=NC(=O)c2cc(Cl)cc(Cl)c2)sc2cc(OC)c(OC)cc21. The van der Waals surface area contributed by atoms with Gasteiger partial charge in [-0.25, -0.2) is 0 Å². The van der Waals surface area contributed by atoms with E-state index in [4.69, 9.17) is 39.1 Å². The molecule has 0 aliphatic heterocycles. The maximum absolute atomic E-state index is 12.6. The third kappa shape index (κ3) is 3.96. The van der Waals surface area contributed by atoms with Crippen LogP contribution in [0.15, 0.2) is 35.3 Å². The summed E-state index contributed by atoms with van der Waals surface area (Å²) in [5, 5.41) is 0.728. The first kappa shape index (κ1) is 19.3. The largest absolute Gasteiger partial charge is 0.493 e. The van der Waals surface area contributed by atoms with E-state index in [1.165, 1.54) is 23.5 Å². The van der Waals surface area contributed by atoms with Crippen LogP contribution in [0.1, 0.15) is 10.4 Å². The van der Waals surface area contributed by atoms with Gasteiger partial charge < -0.3 is 14.0 Å². The highest BCUT2D eigenvalue weighted by molar-refractivity contribution is 7.16. The van der Waals surface area contributed by atoms with E-state index in [1.807, 2.05) is 12.1 Å². The average Bonchev–Trinajstić information content (AvgIpc) is 2.96. The van der Waals surface area contributed by atoms with Crippen LogP contribution in [-0.2, 0) is 6.54 Å². The molecule has 0 atom stereocenters. The lowest BCUT2D eigenvalue weighted by Crippen LogP contribution is -2.16. The summed E-state index contributed by atoms with van der Waals surface area (Å²) in [5.41, 5.74) is 1.10. The zero-order valence-electron chi connectivity index (χ0n) is 14.5. The summed E-state index contributed by atoms with van der Waals surface area (Å²) in [6.45, 7) is 0.248. The van der Waals surface area contributed by atoms with E-state index >= 15 is 0 Å². The Bertz CT molecular complexity index is 1120. The minimum atomic E-state index is -0.462. The van der Waals surface area contributed by atoms with Gasteiger partial charge in [-0.1, -0.05) is 40.5 Å². The van der Waals surface area contributed by atoms with Crippen molar-refractivity contribution >= 4 is 50.7 Å². The standard InChI is InChI=1S/C19H14Cl2N2O3S/c1-4-5-23-14-9-15(25-2)16(26-3)10-17(14)27-19(23)22-18(24)11-6-12(20)8-13(21)7-11/h1,6-10H,5H2,2-3H3. The van der Waals surface area contributed by atoms with Crippen molar-refractivity contribution in [2.45, 2.75) is 6.54 Å². The molecule has 0 radical (unpaired) electrons. The molecule has 0 aliphatic carbocycles. The van der Waals surface area contributed by atoms with Crippen LogP contribution < -0.4 is 14.3 Å². The van der Waals surface area contributed by atoms with Gasteiger partial charge in [0.25, 0.3) is 5.91 Å². The molecule has 0 spiro atoms. The summed E-state index contributed by atoms with van der Waals surface area (Å²) in [6, 6.07) is 8.22. The molecule has 0 bridgehead atoms. The molecule has 0 saturated heterocycles. The molecule has 1 amide bonds. The topological polar surface area (TPSA) is 52.8 Å². The normalized spacial score (nSPS) is 11.4. The third-order valence-corrected chi connectivity index (χ3v) is 5.22. The van der Waals surface area contributed by atoms with Crippen molar-refractivity contribution in [3.8, 4) is 23.8 Å². The Balaban J connectivity index is 2.20. The summed E-state index contributed by atoms with van der Waals surface area (Å²) >= 11 is 13.3. The molecule has 138 valence electrons. The highest BCUT2D eigenvalue weighted by atomic mass is 35.5. The predicted octanol–water partition coefficient (Wildman–Crippen LogP) is 4.40. The van der Waals surface area contributed by atoms with Crippen LogP contribution in [-0.4, -0.2) is 24.7 Å². The maximum atomic E-state index is 12.6. The van der Waals surface area contributed by atoms with E-state index in [1.54, 1.807) is 24.9 Å². The van der Waals surface area contributed by atoms with E-state index in [0.29, 0.717) is 31.9 Å². The van der Waals surface area contributed by atoms with Crippen LogP contribution in [0.4, 0.5) is 0 Å². The minimum Gasteiger partial charge on any atom is -0.493 e. The van der Waals surface area contributed by atoms with E-state index in [2.05, 4.69) is 10.9 Å². The second kappa shape index (κ2) is 8.05. The molecule has 8 heteroatoms. The van der Waals surface area contributed by atoms with Gasteiger partial charge >= 0.3 is 0 Å². The quantitative estimate of drug-likeness (QED) is 0.587. The summed E-state index contributed by atoms with van der Waals surface area (Å²) < 4.78 is 13.3. The molecule has 0 saturated carbocycles. The van der Waals surface area contributed by atoms with E-state index < -0.39 is 5.91 Å². The first-order chi connectivity index (χ1) is 13.0. The number of nitrogens with zero attached hydrogens (tertiary/aromatic N) is 2. The molecule has 0 N–H and O–H groups in total. The average molecular weight is 421 g/mol. The number of hydrogen-bond donors (Lipinski definition) is 0. The summed E-state index contributed by atoms with van der Waals surface area (Å²) in [4.78, 5) is 17.3. The van der Waals surface area contributed by atoms with Crippen molar-refractivity contribution in [2.24, 2.45) is 4.99 Å². The first-order valence-corrected chi connectivity index (χ1v) is 9.28. The van der Waals surface area contributed by atoms with Crippen LogP contribution in [0.3, 0.4) is 0 Å². The minimum absolute atomic E-state index is 0.248. The van der Waals surface area contributed by atoms with Crippen molar-refractivity contribution in [1.82, 2.24) is 4.57 Å². The number of ether oxygens (including phenoxy) is 2. The number of fused-ring (bicyclic) bond motifs is 1. The van der Waals surface area contributed by atoms with Gasteiger partial charge in [0.2, 0.25) is 0 Å². The molecule has 0 unspecified atom stereocenters. The number of benzene rings is 2. The van der Waals surface area contributed by atoms with Gasteiger partial charge in [-0.3, -0.25) is 4.79 Å². The number of terminal acetylenes is 1. The number of hydrogen-bond acceptors (Lipinski definition) is 4. The number of rotatable bonds is 4. The predicted molar refractivity (Wildman–Crippen MR) is 108 cm³/mol. The number of aromatic nitrogens is 1. The van der Waals surface area contributed by atoms with Crippen LogP contribution in [0, 0.1) is 12.3 Å². The zero-order valence-corrected chi connectivity index (χ0v) is 16.8. The Kier molecular flexibility index (Phi) is 5.76. The Hall–Kier alpha value is -2.46. The Morgan fingerprint density at radius 2 is 1.78 bits per heavy atom. The lowest BCUT2D eigenvalue weighted by molar-refractivity contribution is 0.0998. The van der Waals surface area contributed by atoms with Crippen LogP contribution in [0.25, 0.3) is 10.2 Å². The maximum Gasteiger partial charge on any atom is 0.279 e. The molecule has 2 aromatic carbocycles. The number of amides is 1. The van der Waals surface area contributed by atoms with E-state index in [9.17, 15) is 4.79 Å². The highest BCUT2D eigenvalue weighted by Gasteiger charge is 2.14. The van der Waals surface area contributed by atoms with Crippen molar-refractivity contribution in [1.29, 1.82) is 0 Å². The highest BCUT2D eigenvalue weighted by Crippen LogP contribution is 2.33. The summed E-state index contributed by atoms with van der Waals surface area (Å²) in [7, 11) is 3.11. The molecule has 5 nitrogen and oxygen atoms in total. The molecular formula is C19H14Cl2N2O3S. The Morgan fingerprint density at radius 3 is 2.37 bits per heavy atom. The number of carbonyl (C=O) groups excluding carboxylic acids is 1. The monoisotopic (exact) mass is 420 g/mol. The van der Waals surface area contributed by atoms with Crippen molar-refractivity contribution in [3.05, 3.63) is 50.7 Å². The number of methoxy groups -OCH3 is 2. The van der Waals surface area contributed by atoms with Gasteiger partial charge in [-0.05, 0) is 18.2 Å². The summed E-state index contributed by atoms with van der Waals surface area (Å²) in [5.74, 6) is 3.27. The molecule has 3 aromatic rings. The lowest BCUT2D eigenvalue weighted by Gasteiger charge is -2.08. The second-order valence-electron chi connectivity index (χ2n) is 5.42. The molecule has 3 rings (SSSR count). The third-order valence-electron chi connectivity index (χ3n) is 3.74.